The molecule has 2 aliphatic heterocycles. The van der Waals surface area contributed by atoms with Gasteiger partial charge in [0, 0.05) is 49.9 Å². The van der Waals surface area contributed by atoms with Crippen LogP contribution in [0.1, 0.15) is 19.8 Å². The van der Waals surface area contributed by atoms with Crippen molar-refractivity contribution in [2.45, 2.75) is 31.8 Å². The van der Waals surface area contributed by atoms with Crippen molar-refractivity contribution in [3.8, 4) is 0 Å². The van der Waals surface area contributed by atoms with Gasteiger partial charge >= 0.3 is 0 Å². The Kier molecular flexibility index (Phi) is 6.44. The fourth-order valence-corrected chi connectivity index (χ4v) is 3.21. The van der Waals surface area contributed by atoms with Crippen LogP contribution in [0.3, 0.4) is 0 Å². The second-order valence-electron chi connectivity index (χ2n) is 6.22. The summed E-state index contributed by atoms with van der Waals surface area (Å²) in [6.07, 6.45) is 2.30. The van der Waals surface area contributed by atoms with Crippen LogP contribution < -0.4 is 21.1 Å². The van der Waals surface area contributed by atoms with Crippen molar-refractivity contribution >= 4 is 18.1 Å². The SMILES string of the molecule is CC1NNCC1CNC1CCN(c2ccc(F)cc2)CC1.Cl. The maximum atomic E-state index is 13.0. The van der Waals surface area contributed by atoms with Gasteiger partial charge in [0.15, 0.2) is 0 Å². The number of nitrogens with one attached hydrogen (secondary N) is 3. The molecule has 2 atom stereocenters. The van der Waals surface area contributed by atoms with E-state index in [0.29, 0.717) is 18.0 Å². The van der Waals surface area contributed by atoms with Crippen LogP contribution in [-0.2, 0) is 0 Å². The summed E-state index contributed by atoms with van der Waals surface area (Å²) in [5, 5.41) is 3.71. The summed E-state index contributed by atoms with van der Waals surface area (Å²) >= 11 is 0. The maximum absolute atomic E-state index is 13.0. The molecule has 0 amide bonds. The molecule has 1 aromatic carbocycles. The molecule has 0 saturated carbocycles. The number of piperidine rings is 1. The van der Waals surface area contributed by atoms with Crippen LogP contribution in [0.5, 0.6) is 0 Å². The molecule has 1 aromatic rings. The van der Waals surface area contributed by atoms with E-state index < -0.39 is 0 Å². The molecule has 0 radical (unpaired) electrons. The lowest BCUT2D eigenvalue weighted by Crippen LogP contribution is -2.45. The van der Waals surface area contributed by atoms with E-state index in [-0.39, 0.29) is 18.2 Å². The predicted molar refractivity (Wildman–Crippen MR) is 91.0 cm³/mol. The van der Waals surface area contributed by atoms with Crippen molar-refractivity contribution in [2.75, 3.05) is 31.1 Å². The Morgan fingerprint density at radius 1 is 1.23 bits per heavy atom. The third-order valence-electron chi connectivity index (χ3n) is 4.76. The highest BCUT2D eigenvalue weighted by atomic mass is 35.5. The molecule has 6 heteroatoms. The maximum Gasteiger partial charge on any atom is 0.123 e. The van der Waals surface area contributed by atoms with Crippen LogP contribution >= 0.6 is 12.4 Å². The van der Waals surface area contributed by atoms with Crippen molar-refractivity contribution in [2.24, 2.45) is 5.92 Å². The van der Waals surface area contributed by atoms with E-state index in [1.165, 1.54) is 0 Å². The quantitative estimate of drug-likeness (QED) is 0.789. The molecule has 0 aromatic heterocycles. The van der Waals surface area contributed by atoms with Gasteiger partial charge in [-0.25, -0.2) is 4.39 Å². The number of nitrogens with zero attached hydrogens (tertiary/aromatic N) is 1. The third kappa shape index (κ3) is 4.32. The first-order chi connectivity index (χ1) is 10.2. The highest BCUT2D eigenvalue weighted by molar-refractivity contribution is 5.85. The van der Waals surface area contributed by atoms with E-state index in [1.54, 1.807) is 12.1 Å². The molecular formula is C16H26ClFN4. The first-order valence-electron chi connectivity index (χ1n) is 7.94. The van der Waals surface area contributed by atoms with E-state index >= 15 is 0 Å². The van der Waals surface area contributed by atoms with E-state index in [9.17, 15) is 4.39 Å². The molecule has 124 valence electrons. The largest absolute Gasteiger partial charge is 0.371 e. The van der Waals surface area contributed by atoms with Crippen LogP contribution in [0.4, 0.5) is 10.1 Å². The van der Waals surface area contributed by atoms with Crippen molar-refractivity contribution in [1.82, 2.24) is 16.2 Å². The monoisotopic (exact) mass is 328 g/mol. The first kappa shape index (κ1) is 17.5. The zero-order valence-corrected chi connectivity index (χ0v) is 13.8. The lowest BCUT2D eigenvalue weighted by molar-refractivity contribution is 0.369. The Labute approximate surface area is 138 Å². The molecule has 3 N–H and O–H groups in total. The molecule has 2 heterocycles. The zero-order chi connectivity index (χ0) is 14.7. The van der Waals surface area contributed by atoms with Crippen LogP contribution in [-0.4, -0.2) is 38.3 Å². The fraction of sp³-hybridized carbons (Fsp3) is 0.625. The van der Waals surface area contributed by atoms with E-state index in [1.807, 2.05) is 12.1 Å². The van der Waals surface area contributed by atoms with Gasteiger partial charge in [-0.1, -0.05) is 0 Å². The average molecular weight is 329 g/mol. The normalized spacial score (nSPS) is 26.0. The minimum atomic E-state index is -0.164. The lowest BCUT2D eigenvalue weighted by Gasteiger charge is -2.34. The Hall–Kier alpha value is -0.880. The minimum absolute atomic E-state index is 0. The van der Waals surface area contributed by atoms with Gasteiger partial charge in [0.05, 0.1) is 0 Å². The molecule has 0 aliphatic carbocycles. The summed E-state index contributed by atoms with van der Waals surface area (Å²) in [5.41, 5.74) is 7.61. The van der Waals surface area contributed by atoms with Gasteiger partial charge in [-0.15, -0.1) is 12.4 Å². The molecule has 2 fully saturated rings. The molecule has 2 unspecified atom stereocenters. The second-order valence-corrected chi connectivity index (χ2v) is 6.22. The summed E-state index contributed by atoms with van der Waals surface area (Å²) in [6, 6.07) is 7.98. The molecular weight excluding hydrogens is 303 g/mol. The summed E-state index contributed by atoms with van der Waals surface area (Å²) in [7, 11) is 0. The Bertz CT molecular complexity index is 448. The van der Waals surface area contributed by atoms with E-state index in [0.717, 1.165) is 44.7 Å². The number of anilines is 1. The second kappa shape index (κ2) is 8.11. The van der Waals surface area contributed by atoms with Gasteiger partial charge in [-0.2, -0.15) is 0 Å². The van der Waals surface area contributed by atoms with Crippen LogP contribution in [0, 0.1) is 11.7 Å². The molecule has 0 spiro atoms. The van der Waals surface area contributed by atoms with Crippen molar-refractivity contribution in [1.29, 1.82) is 0 Å². The Morgan fingerprint density at radius 3 is 2.50 bits per heavy atom. The summed E-state index contributed by atoms with van der Waals surface area (Å²) in [6.45, 7) is 6.43. The zero-order valence-electron chi connectivity index (χ0n) is 13.0. The van der Waals surface area contributed by atoms with Crippen LogP contribution in [0.25, 0.3) is 0 Å². The summed E-state index contributed by atoms with van der Waals surface area (Å²) in [4.78, 5) is 2.35. The number of hydrazine groups is 1. The smallest absolute Gasteiger partial charge is 0.123 e. The highest BCUT2D eigenvalue weighted by Crippen LogP contribution is 2.20. The van der Waals surface area contributed by atoms with Gasteiger partial charge in [0.25, 0.3) is 0 Å². The molecule has 0 bridgehead atoms. The summed E-state index contributed by atoms with van der Waals surface area (Å²) in [5.74, 6) is 0.503. The molecule has 2 aliphatic rings. The van der Waals surface area contributed by atoms with Gasteiger partial charge in [0.1, 0.15) is 5.82 Å². The Morgan fingerprint density at radius 2 is 1.91 bits per heavy atom. The van der Waals surface area contributed by atoms with Gasteiger partial charge < -0.3 is 10.2 Å². The lowest BCUT2D eigenvalue weighted by atomic mass is 10.0. The predicted octanol–water partition coefficient (Wildman–Crippen LogP) is 1.92. The fourth-order valence-electron chi connectivity index (χ4n) is 3.21. The van der Waals surface area contributed by atoms with Crippen LogP contribution in [0.2, 0.25) is 0 Å². The Balaban J connectivity index is 0.00000176. The minimum Gasteiger partial charge on any atom is -0.371 e. The number of benzene rings is 1. The van der Waals surface area contributed by atoms with Crippen molar-refractivity contribution < 1.29 is 4.39 Å². The number of rotatable bonds is 4. The first-order valence-corrected chi connectivity index (χ1v) is 7.94. The van der Waals surface area contributed by atoms with Gasteiger partial charge in [0.2, 0.25) is 0 Å². The van der Waals surface area contributed by atoms with Crippen LogP contribution in [0.15, 0.2) is 24.3 Å². The number of hydrogen-bond acceptors (Lipinski definition) is 4. The van der Waals surface area contributed by atoms with Gasteiger partial charge in [-0.3, -0.25) is 10.9 Å². The number of halogens is 2. The average Bonchev–Trinajstić information content (AvgIpc) is 2.92. The third-order valence-corrected chi connectivity index (χ3v) is 4.76. The molecule has 22 heavy (non-hydrogen) atoms. The van der Waals surface area contributed by atoms with Crippen molar-refractivity contribution in [3.05, 3.63) is 30.1 Å². The molecule has 4 nitrogen and oxygen atoms in total. The van der Waals surface area contributed by atoms with Gasteiger partial charge in [-0.05, 0) is 44.0 Å². The highest BCUT2D eigenvalue weighted by Gasteiger charge is 2.25. The standard InChI is InChI=1S/C16H25FN4.ClH/c1-12-13(11-19-20-12)10-18-15-6-8-21(9-7-15)16-4-2-14(17)3-5-16;/h2-5,12-13,15,18-20H,6-11H2,1H3;1H. The summed E-state index contributed by atoms with van der Waals surface area (Å²) < 4.78 is 13.0. The van der Waals surface area contributed by atoms with E-state index in [2.05, 4.69) is 28.0 Å². The molecule has 3 rings (SSSR count). The topological polar surface area (TPSA) is 39.3 Å². The van der Waals surface area contributed by atoms with Crippen molar-refractivity contribution in [3.63, 3.8) is 0 Å². The number of hydrogen-bond donors (Lipinski definition) is 3. The van der Waals surface area contributed by atoms with E-state index in [4.69, 9.17) is 0 Å². The molecule has 2 saturated heterocycles.